The van der Waals surface area contributed by atoms with Crippen molar-refractivity contribution in [2.45, 2.75) is 6.43 Å². The lowest BCUT2D eigenvalue weighted by Gasteiger charge is -2.23. The van der Waals surface area contributed by atoms with E-state index < -0.39 is 13.0 Å². The van der Waals surface area contributed by atoms with E-state index >= 15 is 0 Å². The quantitative estimate of drug-likeness (QED) is 0.763. The first-order valence-electron chi connectivity index (χ1n) is 6.17. The molecule has 0 saturated carbocycles. The van der Waals surface area contributed by atoms with Crippen LogP contribution in [-0.4, -0.2) is 37.5 Å². The van der Waals surface area contributed by atoms with Gasteiger partial charge in [0, 0.05) is 24.0 Å². The molecule has 108 valence electrons. The van der Waals surface area contributed by atoms with Gasteiger partial charge in [0.1, 0.15) is 11.6 Å². The van der Waals surface area contributed by atoms with Gasteiger partial charge in [-0.25, -0.2) is 13.8 Å². The number of halogens is 3. The first kappa shape index (κ1) is 14.8. The molecule has 1 aromatic carbocycles. The van der Waals surface area contributed by atoms with Crippen molar-refractivity contribution >= 4 is 28.2 Å². The van der Waals surface area contributed by atoms with Crippen LogP contribution in [0.25, 0.3) is 10.8 Å². The number of hydrogen-bond acceptors (Lipinski definition) is 3. The van der Waals surface area contributed by atoms with Crippen molar-refractivity contribution in [3.8, 4) is 5.75 Å². The third kappa shape index (κ3) is 3.28. The Labute approximate surface area is 121 Å². The van der Waals surface area contributed by atoms with Gasteiger partial charge in [-0.1, -0.05) is 6.07 Å². The molecular formula is C14H15ClF2N2O. The molecule has 0 aliphatic rings. The Kier molecular flexibility index (Phi) is 4.95. The van der Waals surface area contributed by atoms with Crippen LogP contribution in [0.3, 0.4) is 0 Å². The van der Waals surface area contributed by atoms with Crippen LogP contribution in [0, 0.1) is 0 Å². The Bertz CT molecular complexity index is 580. The molecule has 2 aromatic rings. The Morgan fingerprint density at radius 2 is 2.15 bits per heavy atom. The fourth-order valence-electron chi connectivity index (χ4n) is 2.06. The molecule has 0 saturated heterocycles. The number of rotatable bonds is 6. The van der Waals surface area contributed by atoms with Gasteiger partial charge in [0.15, 0.2) is 0 Å². The van der Waals surface area contributed by atoms with Crippen LogP contribution in [0.5, 0.6) is 5.75 Å². The first-order valence-corrected chi connectivity index (χ1v) is 6.71. The summed E-state index contributed by atoms with van der Waals surface area (Å²) in [4.78, 5) is 5.73. The molecule has 0 aliphatic carbocycles. The van der Waals surface area contributed by atoms with Crippen molar-refractivity contribution < 1.29 is 13.5 Å². The summed E-state index contributed by atoms with van der Waals surface area (Å²) in [5.41, 5.74) is 0. The minimum Gasteiger partial charge on any atom is -0.497 e. The Morgan fingerprint density at radius 1 is 1.35 bits per heavy atom. The lowest BCUT2D eigenvalue weighted by atomic mass is 10.1. The fraction of sp³-hybridized carbons (Fsp3) is 0.357. The molecule has 0 spiro atoms. The van der Waals surface area contributed by atoms with Gasteiger partial charge in [0.25, 0.3) is 6.43 Å². The average Bonchev–Trinajstić information content (AvgIpc) is 2.45. The van der Waals surface area contributed by atoms with Crippen LogP contribution in [-0.2, 0) is 0 Å². The highest BCUT2D eigenvalue weighted by molar-refractivity contribution is 6.18. The van der Waals surface area contributed by atoms with E-state index in [-0.39, 0.29) is 5.88 Å². The summed E-state index contributed by atoms with van der Waals surface area (Å²) in [6.45, 7) is -0.0781. The van der Waals surface area contributed by atoms with E-state index in [9.17, 15) is 8.78 Å². The molecule has 0 amide bonds. The SMILES string of the molecule is COc1ccc2ccnc(N(CCCl)CC(F)F)c2c1. The van der Waals surface area contributed by atoms with Gasteiger partial charge in [-0.05, 0) is 23.6 Å². The van der Waals surface area contributed by atoms with Crippen molar-refractivity contribution in [2.75, 3.05) is 31.0 Å². The minimum absolute atomic E-state index is 0.259. The van der Waals surface area contributed by atoms with Crippen molar-refractivity contribution in [3.63, 3.8) is 0 Å². The number of aromatic nitrogens is 1. The molecule has 0 atom stereocenters. The molecule has 2 rings (SSSR count). The Morgan fingerprint density at radius 3 is 2.80 bits per heavy atom. The third-order valence-corrected chi connectivity index (χ3v) is 3.13. The van der Waals surface area contributed by atoms with Gasteiger partial charge in [0.05, 0.1) is 13.7 Å². The molecule has 3 nitrogen and oxygen atoms in total. The van der Waals surface area contributed by atoms with Crippen LogP contribution in [0.1, 0.15) is 0 Å². The van der Waals surface area contributed by atoms with Crippen LogP contribution in [0.15, 0.2) is 30.5 Å². The number of methoxy groups -OCH3 is 1. The van der Waals surface area contributed by atoms with Gasteiger partial charge in [-0.15, -0.1) is 11.6 Å². The number of alkyl halides is 3. The predicted octanol–water partition coefficient (Wildman–Crippen LogP) is 3.55. The van der Waals surface area contributed by atoms with E-state index in [1.54, 1.807) is 19.4 Å². The van der Waals surface area contributed by atoms with Crippen molar-refractivity contribution in [3.05, 3.63) is 30.5 Å². The van der Waals surface area contributed by atoms with E-state index in [2.05, 4.69) is 4.98 Å². The van der Waals surface area contributed by atoms with Gasteiger partial charge in [-0.2, -0.15) is 0 Å². The first-order chi connectivity index (χ1) is 9.65. The smallest absolute Gasteiger partial charge is 0.255 e. The highest BCUT2D eigenvalue weighted by Crippen LogP contribution is 2.28. The maximum Gasteiger partial charge on any atom is 0.255 e. The summed E-state index contributed by atoms with van der Waals surface area (Å²) in [5.74, 6) is 1.42. The molecule has 0 unspecified atom stereocenters. The van der Waals surface area contributed by atoms with E-state index in [0.717, 1.165) is 10.8 Å². The molecule has 0 N–H and O–H groups in total. The van der Waals surface area contributed by atoms with E-state index in [4.69, 9.17) is 16.3 Å². The highest BCUT2D eigenvalue weighted by atomic mass is 35.5. The van der Waals surface area contributed by atoms with Crippen LogP contribution >= 0.6 is 11.6 Å². The summed E-state index contributed by atoms with van der Waals surface area (Å²) in [5, 5.41) is 1.70. The lowest BCUT2D eigenvalue weighted by Crippen LogP contribution is -2.31. The lowest BCUT2D eigenvalue weighted by molar-refractivity contribution is 0.155. The second-order valence-electron chi connectivity index (χ2n) is 4.25. The summed E-state index contributed by atoms with van der Waals surface area (Å²) in [6.07, 6.45) is -0.836. The van der Waals surface area contributed by atoms with Crippen LogP contribution in [0.2, 0.25) is 0 Å². The minimum atomic E-state index is -2.44. The normalized spacial score (nSPS) is 11.1. The average molecular weight is 301 g/mol. The van der Waals surface area contributed by atoms with Gasteiger partial charge < -0.3 is 9.64 Å². The number of nitrogens with zero attached hydrogens (tertiary/aromatic N) is 2. The number of ether oxygens (including phenoxy) is 1. The fourth-order valence-corrected chi connectivity index (χ4v) is 2.27. The molecule has 0 fully saturated rings. The number of fused-ring (bicyclic) bond motifs is 1. The standard InChI is InChI=1S/C14H15ClF2N2O/c1-20-11-3-2-10-4-6-18-14(12(10)8-11)19(7-5-15)9-13(16)17/h2-4,6,8,13H,5,7,9H2,1H3. The van der Waals surface area contributed by atoms with E-state index in [0.29, 0.717) is 18.1 Å². The molecule has 1 aromatic heterocycles. The second kappa shape index (κ2) is 6.70. The van der Waals surface area contributed by atoms with E-state index in [1.807, 2.05) is 18.2 Å². The molecule has 0 aliphatic heterocycles. The number of benzene rings is 1. The molecule has 6 heteroatoms. The molecule has 1 heterocycles. The third-order valence-electron chi connectivity index (χ3n) is 2.96. The second-order valence-corrected chi connectivity index (χ2v) is 4.63. The van der Waals surface area contributed by atoms with E-state index in [1.165, 1.54) is 4.90 Å². The zero-order chi connectivity index (χ0) is 14.5. The highest BCUT2D eigenvalue weighted by Gasteiger charge is 2.16. The monoisotopic (exact) mass is 300 g/mol. The largest absolute Gasteiger partial charge is 0.497 e. The maximum absolute atomic E-state index is 12.7. The van der Waals surface area contributed by atoms with Crippen molar-refractivity contribution in [1.82, 2.24) is 4.98 Å². The summed E-state index contributed by atoms with van der Waals surface area (Å²) in [7, 11) is 1.56. The maximum atomic E-state index is 12.7. The summed E-state index contributed by atoms with van der Waals surface area (Å²) in [6, 6.07) is 7.33. The number of pyridine rings is 1. The zero-order valence-corrected chi connectivity index (χ0v) is 11.8. The Hall–Kier alpha value is -1.62. The van der Waals surface area contributed by atoms with Gasteiger partial charge >= 0.3 is 0 Å². The number of anilines is 1. The van der Waals surface area contributed by atoms with Crippen LogP contribution in [0.4, 0.5) is 14.6 Å². The molecule has 20 heavy (non-hydrogen) atoms. The van der Waals surface area contributed by atoms with Gasteiger partial charge in [-0.3, -0.25) is 0 Å². The topological polar surface area (TPSA) is 25.4 Å². The molecule has 0 bridgehead atoms. The Balaban J connectivity index is 2.49. The van der Waals surface area contributed by atoms with Crippen molar-refractivity contribution in [1.29, 1.82) is 0 Å². The van der Waals surface area contributed by atoms with Crippen LogP contribution < -0.4 is 9.64 Å². The van der Waals surface area contributed by atoms with Gasteiger partial charge in [0.2, 0.25) is 0 Å². The molecular weight excluding hydrogens is 286 g/mol. The van der Waals surface area contributed by atoms with Crippen molar-refractivity contribution in [2.24, 2.45) is 0 Å². The summed E-state index contributed by atoms with van der Waals surface area (Å²) < 4.78 is 30.6. The molecule has 0 radical (unpaired) electrons. The zero-order valence-electron chi connectivity index (χ0n) is 11.0. The predicted molar refractivity (Wildman–Crippen MR) is 77.2 cm³/mol. The number of hydrogen-bond donors (Lipinski definition) is 0. The summed E-state index contributed by atoms with van der Waals surface area (Å²) >= 11 is 5.70.